The number of carboxylic acids is 1. The van der Waals surface area contributed by atoms with Gasteiger partial charge in [0.15, 0.2) is 0 Å². The predicted molar refractivity (Wildman–Crippen MR) is 36.2 cm³/mol. The topological polar surface area (TPSA) is 80.5 Å². The zero-order valence-corrected chi connectivity index (χ0v) is 6.07. The van der Waals surface area contributed by atoms with Gasteiger partial charge in [-0.15, -0.1) is 0 Å². The number of urea groups is 1. The lowest BCUT2D eigenvalue weighted by molar-refractivity contribution is -0.139. The summed E-state index contributed by atoms with van der Waals surface area (Å²) in [6, 6.07) is -1.49. The molecule has 1 rings (SSSR count). The van der Waals surface area contributed by atoms with Gasteiger partial charge in [-0.2, -0.15) is 0 Å². The van der Waals surface area contributed by atoms with Gasteiger partial charge in [-0.25, -0.2) is 14.9 Å². The van der Waals surface area contributed by atoms with Gasteiger partial charge in [0.2, 0.25) is 0 Å². The summed E-state index contributed by atoms with van der Waals surface area (Å²) in [6.45, 7) is 1.72. The summed E-state index contributed by atoms with van der Waals surface area (Å²) in [6.07, 6.45) is 0.376. The van der Waals surface area contributed by atoms with Gasteiger partial charge in [0, 0.05) is 6.42 Å². The number of nitrogens with zero attached hydrogens (tertiary/aromatic N) is 1. The number of amides is 2. The van der Waals surface area contributed by atoms with Crippen LogP contribution in [-0.4, -0.2) is 29.2 Å². The standard InChI is InChI=1S/C6H9N2O3/c1-3-2-4(5(9)10)8-6(11)7-3/h3-4H,2H2,1H3,(H,8,11)(H,9,10). The van der Waals surface area contributed by atoms with Gasteiger partial charge in [-0.1, -0.05) is 0 Å². The second-order valence-electron chi connectivity index (χ2n) is 2.55. The normalized spacial score (nSPS) is 30.5. The first-order chi connectivity index (χ1) is 5.09. The largest absolute Gasteiger partial charge is 0.480 e. The van der Waals surface area contributed by atoms with Crippen LogP contribution in [0, 0.1) is 0 Å². The van der Waals surface area contributed by atoms with Crippen molar-refractivity contribution in [1.82, 2.24) is 10.6 Å². The number of rotatable bonds is 1. The van der Waals surface area contributed by atoms with Crippen LogP contribution in [0.4, 0.5) is 4.79 Å². The first kappa shape index (κ1) is 7.84. The van der Waals surface area contributed by atoms with Crippen molar-refractivity contribution in [2.45, 2.75) is 25.4 Å². The second kappa shape index (κ2) is 2.77. The molecule has 1 saturated heterocycles. The maximum Gasteiger partial charge on any atom is 0.337 e. The van der Waals surface area contributed by atoms with Crippen LogP contribution >= 0.6 is 0 Å². The summed E-state index contributed by atoms with van der Waals surface area (Å²) in [5.41, 5.74) is 0. The van der Waals surface area contributed by atoms with Gasteiger partial charge in [0.05, 0.1) is 6.04 Å². The maximum absolute atomic E-state index is 10.6. The predicted octanol–water partition coefficient (Wildman–Crippen LogP) is -0.454. The van der Waals surface area contributed by atoms with Crippen LogP contribution in [-0.2, 0) is 4.79 Å². The smallest absolute Gasteiger partial charge is 0.337 e. The molecule has 1 aliphatic heterocycles. The van der Waals surface area contributed by atoms with Crippen LogP contribution in [0.25, 0.3) is 0 Å². The molecule has 5 nitrogen and oxygen atoms in total. The summed E-state index contributed by atoms with van der Waals surface area (Å²) < 4.78 is 0. The van der Waals surface area contributed by atoms with Crippen LogP contribution in [0.15, 0.2) is 0 Å². The van der Waals surface area contributed by atoms with E-state index < -0.39 is 18.0 Å². The molecule has 0 aromatic carbocycles. The highest BCUT2D eigenvalue weighted by Crippen LogP contribution is 2.04. The molecule has 1 aliphatic rings. The molecular weight excluding hydrogens is 148 g/mol. The minimum atomic E-state index is -1.000. The van der Waals surface area contributed by atoms with Crippen LogP contribution in [0.2, 0.25) is 0 Å². The van der Waals surface area contributed by atoms with E-state index >= 15 is 0 Å². The molecule has 2 amide bonds. The first-order valence-corrected chi connectivity index (χ1v) is 3.33. The fraction of sp³-hybridized carbons (Fsp3) is 0.667. The summed E-state index contributed by atoms with van der Waals surface area (Å²) in [4.78, 5) is 21.0. The molecule has 0 aromatic heterocycles. The van der Waals surface area contributed by atoms with Gasteiger partial charge in [0.25, 0.3) is 0 Å². The molecule has 1 heterocycles. The molecular formula is C6H9N2O3. The molecule has 2 N–H and O–H groups in total. The van der Waals surface area contributed by atoms with E-state index in [4.69, 9.17) is 5.11 Å². The molecule has 0 bridgehead atoms. The minimum Gasteiger partial charge on any atom is -0.480 e. The van der Waals surface area contributed by atoms with Crippen molar-refractivity contribution in [3.8, 4) is 0 Å². The Kier molecular flexibility index (Phi) is 1.98. The van der Waals surface area contributed by atoms with Gasteiger partial charge in [-0.05, 0) is 6.92 Å². The maximum atomic E-state index is 10.6. The zero-order valence-electron chi connectivity index (χ0n) is 6.07. The van der Waals surface area contributed by atoms with Crippen molar-refractivity contribution in [1.29, 1.82) is 0 Å². The van der Waals surface area contributed by atoms with E-state index in [1.54, 1.807) is 6.92 Å². The number of hydrogen-bond acceptors (Lipinski definition) is 2. The highest BCUT2D eigenvalue weighted by molar-refractivity contribution is 5.83. The van der Waals surface area contributed by atoms with E-state index in [0.717, 1.165) is 0 Å². The Morgan fingerprint density at radius 1 is 1.82 bits per heavy atom. The monoisotopic (exact) mass is 157 g/mol. The number of hydrogen-bond donors (Lipinski definition) is 2. The summed E-state index contributed by atoms with van der Waals surface area (Å²) >= 11 is 0. The quantitative estimate of drug-likeness (QED) is 0.540. The SMILES string of the molecule is CC1CC(C(=O)O)NC(=O)[N]1. The van der Waals surface area contributed by atoms with Gasteiger partial charge < -0.3 is 10.4 Å². The molecule has 2 atom stereocenters. The zero-order chi connectivity index (χ0) is 8.43. The molecule has 61 valence electrons. The molecule has 11 heavy (non-hydrogen) atoms. The van der Waals surface area contributed by atoms with Crippen LogP contribution in [0.5, 0.6) is 0 Å². The summed E-state index contributed by atoms with van der Waals surface area (Å²) in [5.74, 6) is -1.000. The Morgan fingerprint density at radius 2 is 2.45 bits per heavy atom. The molecule has 0 aromatic rings. The van der Waals surface area contributed by atoms with Crippen molar-refractivity contribution >= 4 is 12.0 Å². The van der Waals surface area contributed by atoms with Crippen LogP contribution < -0.4 is 10.6 Å². The van der Waals surface area contributed by atoms with E-state index in [9.17, 15) is 9.59 Å². The van der Waals surface area contributed by atoms with Crippen LogP contribution in [0.1, 0.15) is 13.3 Å². The van der Waals surface area contributed by atoms with Crippen LogP contribution in [0.3, 0.4) is 0 Å². The third kappa shape index (κ3) is 1.83. The average Bonchev–Trinajstić information content (AvgIpc) is 1.85. The van der Waals surface area contributed by atoms with Crippen molar-refractivity contribution in [2.24, 2.45) is 0 Å². The summed E-state index contributed by atoms with van der Waals surface area (Å²) in [5, 5.41) is 14.4. The highest BCUT2D eigenvalue weighted by Gasteiger charge is 2.28. The number of carbonyl (C=O) groups is 2. The highest BCUT2D eigenvalue weighted by atomic mass is 16.4. The molecule has 5 heteroatoms. The number of carboxylic acid groups (broad SMARTS) is 1. The Hall–Kier alpha value is -1.26. The lowest BCUT2D eigenvalue weighted by atomic mass is 10.1. The fourth-order valence-electron chi connectivity index (χ4n) is 1.00. The van der Waals surface area contributed by atoms with Crippen molar-refractivity contribution in [3.63, 3.8) is 0 Å². The number of aliphatic carboxylic acids is 1. The van der Waals surface area contributed by atoms with Gasteiger partial charge in [0.1, 0.15) is 6.04 Å². The van der Waals surface area contributed by atoms with Gasteiger partial charge >= 0.3 is 12.0 Å². The Bertz CT molecular complexity index is 192. The van der Waals surface area contributed by atoms with Gasteiger partial charge in [-0.3, -0.25) is 0 Å². The Balaban J connectivity index is 2.56. The van der Waals surface area contributed by atoms with Crippen molar-refractivity contribution in [3.05, 3.63) is 0 Å². The van der Waals surface area contributed by atoms with Crippen molar-refractivity contribution in [2.75, 3.05) is 0 Å². The lowest BCUT2D eigenvalue weighted by Crippen LogP contribution is -2.52. The number of nitrogens with one attached hydrogen (secondary N) is 1. The Labute approximate surface area is 63.8 Å². The molecule has 0 aliphatic carbocycles. The number of carbonyl (C=O) groups excluding carboxylic acids is 1. The average molecular weight is 157 g/mol. The molecule has 0 spiro atoms. The second-order valence-corrected chi connectivity index (χ2v) is 2.55. The minimum absolute atomic E-state index is 0.190. The summed E-state index contributed by atoms with van der Waals surface area (Å²) in [7, 11) is 0. The van der Waals surface area contributed by atoms with E-state index in [1.165, 1.54) is 0 Å². The van der Waals surface area contributed by atoms with E-state index in [1.807, 2.05) is 0 Å². The molecule has 1 radical (unpaired) electrons. The van der Waals surface area contributed by atoms with E-state index in [2.05, 4.69) is 10.6 Å². The first-order valence-electron chi connectivity index (χ1n) is 3.33. The third-order valence-corrected chi connectivity index (χ3v) is 1.51. The fourth-order valence-corrected chi connectivity index (χ4v) is 1.00. The molecule has 2 unspecified atom stereocenters. The van der Waals surface area contributed by atoms with E-state index in [0.29, 0.717) is 6.42 Å². The lowest BCUT2D eigenvalue weighted by Gasteiger charge is -2.23. The molecule has 1 fully saturated rings. The Morgan fingerprint density at radius 3 is 2.91 bits per heavy atom. The van der Waals surface area contributed by atoms with Crippen molar-refractivity contribution < 1.29 is 14.7 Å². The van der Waals surface area contributed by atoms with E-state index in [-0.39, 0.29) is 6.04 Å². The third-order valence-electron chi connectivity index (χ3n) is 1.51. The molecule has 0 saturated carbocycles.